The van der Waals surface area contributed by atoms with E-state index >= 15 is 0 Å². The fourth-order valence-electron chi connectivity index (χ4n) is 2.24. The molecule has 0 aromatic carbocycles. The second-order valence-electron chi connectivity index (χ2n) is 4.78. The van der Waals surface area contributed by atoms with Gasteiger partial charge in [-0.1, -0.05) is 6.08 Å². The maximum Gasteiger partial charge on any atom is 0.188 e. The summed E-state index contributed by atoms with van der Waals surface area (Å²) in [6, 6.07) is 0.894. The average Bonchev–Trinajstić information content (AvgIpc) is 3.03. The van der Waals surface area contributed by atoms with E-state index in [4.69, 9.17) is 5.73 Å². The van der Waals surface area contributed by atoms with Gasteiger partial charge in [-0.25, -0.2) is 0 Å². The fourth-order valence-corrected chi connectivity index (χ4v) is 2.24. The van der Waals surface area contributed by atoms with Crippen LogP contribution in [0.1, 0.15) is 19.3 Å². The van der Waals surface area contributed by atoms with Crippen LogP contribution >= 0.6 is 0 Å². The SMILES string of the molecule is C=CCNC(N)=NCC1CCN(C2CC2)C1. The van der Waals surface area contributed by atoms with Crippen LogP contribution in [0.4, 0.5) is 0 Å². The first-order chi connectivity index (χ1) is 7.79. The molecule has 0 spiro atoms. The molecule has 0 amide bonds. The lowest BCUT2D eigenvalue weighted by molar-refractivity contribution is 0.315. The second-order valence-corrected chi connectivity index (χ2v) is 4.78. The van der Waals surface area contributed by atoms with Crippen LogP contribution in [0.15, 0.2) is 17.6 Å². The molecular formula is C12H22N4. The number of nitrogens with zero attached hydrogens (tertiary/aromatic N) is 2. The van der Waals surface area contributed by atoms with Crippen LogP contribution in [0.2, 0.25) is 0 Å². The molecule has 4 nitrogen and oxygen atoms in total. The molecule has 1 atom stereocenters. The summed E-state index contributed by atoms with van der Waals surface area (Å²) < 4.78 is 0. The number of rotatable bonds is 5. The molecular weight excluding hydrogens is 200 g/mol. The topological polar surface area (TPSA) is 53.6 Å². The molecule has 0 aromatic heterocycles. The van der Waals surface area contributed by atoms with Crippen molar-refractivity contribution >= 4 is 5.96 Å². The molecule has 90 valence electrons. The van der Waals surface area contributed by atoms with E-state index in [9.17, 15) is 0 Å². The first-order valence-corrected chi connectivity index (χ1v) is 6.18. The van der Waals surface area contributed by atoms with E-state index in [1.807, 2.05) is 0 Å². The third kappa shape index (κ3) is 3.23. The van der Waals surface area contributed by atoms with Gasteiger partial charge in [-0.2, -0.15) is 0 Å². The summed E-state index contributed by atoms with van der Waals surface area (Å²) in [5.74, 6) is 1.24. The standard InChI is InChI=1S/C12H22N4/c1-2-6-14-12(13)15-8-10-5-7-16(9-10)11-3-4-11/h2,10-11H,1,3-9H2,(H3,13,14,15). The number of nitrogens with one attached hydrogen (secondary N) is 1. The molecule has 0 radical (unpaired) electrons. The van der Waals surface area contributed by atoms with Crippen LogP contribution in [0.5, 0.6) is 0 Å². The van der Waals surface area contributed by atoms with E-state index in [0.29, 0.717) is 18.4 Å². The predicted molar refractivity (Wildman–Crippen MR) is 67.4 cm³/mol. The van der Waals surface area contributed by atoms with Crippen molar-refractivity contribution in [2.45, 2.75) is 25.3 Å². The first kappa shape index (κ1) is 11.5. The summed E-state index contributed by atoms with van der Waals surface area (Å²) >= 11 is 0. The quantitative estimate of drug-likeness (QED) is 0.406. The van der Waals surface area contributed by atoms with E-state index in [1.54, 1.807) is 6.08 Å². The molecule has 0 bridgehead atoms. The molecule has 2 fully saturated rings. The predicted octanol–water partition coefficient (Wildman–Crippen LogP) is 0.561. The Labute approximate surface area is 97.6 Å². The minimum atomic E-state index is 0.546. The smallest absolute Gasteiger partial charge is 0.188 e. The zero-order valence-electron chi connectivity index (χ0n) is 9.86. The molecule has 1 aliphatic heterocycles. The Morgan fingerprint density at radius 1 is 1.50 bits per heavy atom. The van der Waals surface area contributed by atoms with Gasteiger partial charge in [-0.05, 0) is 31.7 Å². The Morgan fingerprint density at radius 2 is 2.31 bits per heavy atom. The third-order valence-electron chi connectivity index (χ3n) is 3.33. The lowest BCUT2D eigenvalue weighted by Crippen LogP contribution is -2.32. The van der Waals surface area contributed by atoms with Crippen LogP contribution < -0.4 is 11.1 Å². The first-order valence-electron chi connectivity index (χ1n) is 6.18. The maximum absolute atomic E-state index is 5.72. The molecule has 3 N–H and O–H groups in total. The molecule has 1 saturated heterocycles. The van der Waals surface area contributed by atoms with Gasteiger partial charge < -0.3 is 16.0 Å². The van der Waals surface area contributed by atoms with Crippen molar-refractivity contribution in [3.05, 3.63) is 12.7 Å². The van der Waals surface area contributed by atoms with Gasteiger partial charge in [0, 0.05) is 25.7 Å². The molecule has 2 aliphatic rings. The Balaban J connectivity index is 1.67. The molecule has 1 saturated carbocycles. The van der Waals surface area contributed by atoms with E-state index < -0.39 is 0 Å². The largest absolute Gasteiger partial charge is 0.370 e. The van der Waals surface area contributed by atoms with E-state index in [1.165, 1.54) is 32.4 Å². The Bertz CT molecular complexity index is 270. The van der Waals surface area contributed by atoms with Crippen molar-refractivity contribution in [3.8, 4) is 0 Å². The molecule has 16 heavy (non-hydrogen) atoms. The van der Waals surface area contributed by atoms with Gasteiger partial charge in [0.1, 0.15) is 0 Å². The Morgan fingerprint density at radius 3 is 3.00 bits per heavy atom. The van der Waals surface area contributed by atoms with Gasteiger partial charge in [0.25, 0.3) is 0 Å². The molecule has 1 heterocycles. The van der Waals surface area contributed by atoms with Crippen molar-refractivity contribution in [2.24, 2.45) is 16.6 Å². The van der Waals surface area contributed by atoms with Gasteiger partial charge in [0.2, 0.25) is 0 Å². The van der Waals surface area contributed by atoms with Crippen molar-refractivity contribution in [3.63, 3.8) is 0 Å². The highest BCUT2D eigenvalue weighted by molar-refractivity contribution is 5.77. The van der Waals surface area contributed by atoms with Gasteiger partial charge >= 0.3 is 0 Å². The number of hydrogen-bond donors (Lipinski definition) is 2. The van der Waals surface area contributed by atoms with Crippen LogP contribution in [0, 0.1) is 5.92 Å². The van der Waals surface area contributed by atoms with Crippen LogP contribution in [0.3, 0.4) is 0 Å². The molecule has 4 heteroatoms. The highest BCUT2D eigenvalue weighted by Crippen LogP contribution is 2.31. The van der Waals surface area contributed by atoms with Crippen LogP contribution in [-0.2, 0) is 0 Å². The highest BCUT2D eigenvalue weighted by Gasteiger charge is 2.34. The summed E-state index contributed by atoms with van der Waals surface area (Å²) in [5.41, 5.74) is 5.72. The normalized spacial score (nSPS) is 27.0. The van der Waals surface area contributed by atoms with Crippen molar-refractivity contribution < 1.29 is 0 Å². The van der Waals surface area contributed by atoms with E-state index in [0.717, 1.165) is 12.6 Å². The van der Waals surface area contributed by atoms with Crippen molar-refractivity contribution in [2.75, 3.05) is 26.2 Å². The highest BCUT2D eigenvalue weighted by atomic mass is 15.2. The minimum absolute atomic E-state index is 0.546. The van der Waals surface area contributed by atoms with Gasteiger partial charge in [0.15, 0.2) is 5.96 Å². The molecule has 2 rings (SSSR count). The summed E-state index contributed by atoms with van der Waals surface area (Å²) in [6.45, 7) is 7.64. The lowest BCUT2D eigenvalue weighted by Gasteiger charge is -2.13. The summed E-state index contributed by atoms with van der Waals surface area (Å²) in [5, 5.41) is 3.00. The third-order valence-corrected chi connectivity index (χ3v) is 3.33. The van der Waals surface area contributed by atoms with E-state index in [2.05, 4.69) is 21.8 Å². The summed E-state index contributed by atoms with van der Waals surface area (Å²) in [4.78, 5) is 6.97. The average molecular weight is 222 g/mol. The zero-order chi connectivity index (χ0) is 11.4. The number of likely N-dealkylation sites (tertiary alicyclic amines) is 1. The van der Waals surface area contributed by atoms with Crippen molar-refractivity contribution in [1.82, 2.24) is 10.2 Å². The zero-order valence-corrected chi connectivity index (χ0v) is 9.86. The molecule has 1 unspecified atom stereocenters. The van der Waals surface area contributed by atoms with Crippen LogP contribution in [0.25, 0.3) is 0 Å². The molecule has 1 aliphatic carbocycles. The van der Waals surface area contributed by atoms with Crippen molar-refractivity contribution in [1.29, 1.82) is 0 Å². The summed E-state index contributed by atoms with van der Waals surface area (Å²) in [6.07, 6.45) is 5.86. The Hall–Kier alpha value is -1.03. The number of guanidine groups is 1. The maximum atomic E-state index is 5.72. The van der Waals surface area contributed by atoms with E-state index in [-0.39, 0.29) is 0 Å². The van der Waals surface area contributed by atoms with Gasteiger partial charge in [0.05, 0.1) is 0 Å². The number of aliphatic imine (C=N–C) groups is 1. The second kappa shape index (κ2) is 5.34. The summed E-state index contributed by atoms with van der Waals surface area (Å²) in [7, 11) is 0. The van der Waals surface area contributed by atoms with Gasteiger partial charge in [-0.3, -0.25) is 4.99 Å². The fraction of sp³-hybridized carbons (Fsp3) is 0.750. The number of hydrogen-bond acceptors (Lipinski definition) is 2. The lowest BCUT2D eigenvalue weighted by atomic mass is 10.1. The monoisotopic (exact) mass is 222 g/mol. The molecule has 0 aromatic rings. The van der Waals surface area contributed by atoms with Crippen LogP contribution in [-0.4, -0.2) is 43.1 Å². The minimum Gasteiger partial charge on any atom is -0.370 e. The van der Waals surface area contributed by atoms with Gasteiger partial charge in [-0.15, -0.1) is 6.58 Å². The Kier molecular flexibility index (Phi) is 3.83. The number of nitrogens with two attached hydrogens (primary N) is 1.